The number of carbonyl (C=O) groups excluding carboxylic acids is 1. The van der Waals surface area contributed by atoms with Gasteiger partial charge in [-0.25, -0.2) is 4.79 Å². The van der Waals surface area contributed by atoms with Crippen LogP contribution in [0.4, 0.5) is 0 Å². The van der Waals surface area contributed by atoms with Crippen LogP contribution in [-0.2, 0) is 16.5 Å². The molecule has 1 aromatic heterocycles. The van der Waals surface area contributed by atoms with Crippen molar-refractivity contribution >= 4 is 24.4 Å². The number of aromatic nitrogens is 1. The van der Waals surface area contributed by atoms with E-state index >= 15 is 0 Å². The predicted octanol–water partition coefficient (Wildman–Crippen LogP) is 5.01. The molecule has 0 saturated carbocycles. The molecule has 0 fully saturated rings. The maximum absolute atomic E-state index is 13.3. The Kier molecular flexibility index (Phi) is 7.39. The Hall–Kier alpha value is -2.96. The second kappa shape index (κ2) is 10.2. The summed E-state index contributed by atoms with van der Waals surface area (Å²) in [6.45, 7) is 13.9. The van der Waals surface area contributed by atoms with E-state index in [0.717, 1.165) is 22.6 Å². The minimum Gasteiger partial charge on any atom is -0.468 e. The van der Waals surface area contributed by atoms with Gasteiger partial charge in [-0.2, -0.15) is 4.57 Å². The van der Waals surface area contributed by atoms with Gasteiger partial charge in [-0.05, 0) is 65.5 Å². The van der Waals surface area contributed by atoms with Crippen molar-refractivity contribution in [1.82, 2.24) is 0 Å². The van der Waals surface area contributed by atoms with Crippen molar-refractivity contribution in [1.29, 1.82) is 0 Å². The zero-order valence-electron chi connectivity index (χ0n) is 22.8. The summed E-state index contributed by atoms with van der Waals surface area (Å²) in [4.78, 5) is 13.3. The molecule has 2 heterocycles. The van der Waals surface area contributed by atoms with Crippen molar-refractivity contribution in [3.63, 3.8) is 0 Å². The third kappa shape index (κ3) is 3.87. The van der Waals surface area contributed by atoms with Crippen LogP contribution in [0.25, 0.3) is 22.4 Å². The van der Waals surface area contributed by atoms with Crippen molar-refractivity contribution in [2.45, 2.75) is 52.6 Å². The molecule has 0 atom stereocenters. The number of nitrogens with zero attached hydrogens (tertiary/aromatic N) is 1. The second-order valence-electron chi connectivity index (χ2n) is 10.2. The highest BCUT2D eigenvalue weighted by Crippen LogP contribution is 2.45. The fourth-order valence-corrected chi connectivity index (χ4v) is 12.9. The molecule has 0 N–H and O–H groups in total. The Balaban J connectivity index is 2.20. The molecule has 0 aliphatic carbocycles. The van der Waals surface area contributed by atoms with E-state index in [9.17, 15) is 4.79 Å². The highest BCUT2D eigenvalue weighted by atomic mass is 28.3. The molecule has 0 unspecified atom stereocenters. The van der Waals surface area contributed by atoms with Crippen LogP contribution in [0.2, 0.25) is 11.1 Å². The smallest absolute Gasteiger partial charge is 0.403 e. The molecule has 36 heavy (non-hydrogen) atoms. The molecule has 0 radical (unpaired) electrons. The normalized spacial score (nSPS) is 13.6. The standard InChI is InChI=1S/C30H38NO4Si/c1-9-34-30(32)27-21(6)26-24-16-15-23(35-18-33-8)17-25(24)36(19(2)3,20(4)5)29(26)28(31(27)7)22-13-11-10-12-14-22/h10-17,19-20H,9,18H2,1-8H3/q+1. The van der Waals surface area contributed by atoms with Crippen LogP contribution in [0.1, 0.15) is 50.7 Å². The van der Waals surface area contributed by atoms with E-state index in [2.05, 4.69) is 75.6 Å². The van der Waals surface area contributed by atoms with Gasteiger partial charge in [0.25, 0.3) is 5.69 Å². The first kappa shape index (κ1) is 26.1. The number of carbonyl (C=O) groups is 1. The predicted molar refractivity (Wildman–Crippen MR) is 147 cm³/mol. The van der Waals surface area contributed by atoms with E-state index in [4.69, 9.17) is 14.2 Å². The van der Waals surface area contributed by atoms with Crippen molar-refractivity contribution in [3.8, 4) is 28.1 Å². The molecule has 0 saturated heterocycles. The van der Waals surface area contributed by atoms with Crippen LogP contribution in [0.15, 0.2) is 48.5 Å². The molecular formula is C30H38NO4Si+. The molecule has 0 spiro atoms. The van der Waals surface area contributed by atoms with Crippen LogP contribution in [-0.4, -0.2) is 34.6 Å². The molecule has 4 rings (SSSR count). The molecule has 0 bridgehead atoms. The lowest BCUT2D eigenvalue weighted by molar-refractivity contribution is -0.662. The molecule has 5 nitrogen and oxygen atoms in total. The lowest BCUT2D eigenvalue weighted by atomic mass is 9.96. The summed E-state index contributed by atoms with van der Waals surface area (Å²) in [7, 11) is 1.29. The van der Waals surface area contributed by atoms with Gasteiger partial charge in [-0.15, -0.1) is 0 Å². The van der Waals surface area contributed by atoms with Gasteiger partial charge in [-0.3, -0.25) is 0 Å². The number of methoxy groups -OCH3 is 1. The van der Waals surface area contributed by atoms with E-state index in [0.29, 0.717) is 23.4 Å². The average molecular weight is 505 g/mol. The molecular weight excluding hydrogens is 466 g/mol. The van der Waals surface area contributed by atoms with Crippen molar-refractivity contribution in [2.75, 3.05) is 20.5 Å². The largest absolute Gasteiger partial charge is 0.468 e. The summed E-state index contributed by atoms with van der Waals surface area (Å²) < 4.78 is 18.7. The van der Waals surface area contributed by atoms with Crippen molar-refractivity contribution in [3.05, 3.63) is 59.8 Å². The van der Waals surface area contributed by atoms with Crippen molar-refractivity contribution in [2.24, 2.45) is 7.05 Å². The average Bonchev–Trinajstić information content (AvgIpc) is 3.15. The van der Waals surface area contributed by atoms with Gasteiger partial charge < -0.3 is 14.2 Å². The monoisotopic (exact) mass is 504 g/mol. The second-order valence-corrected chi connectivity index (χ2v) is 15.2. The molecule has 2 aromatic carbocycles. The van der Waals surface area contributed by atoms with Crippen LogP contribution < -0.4 is 19.7 Å². The van der Waals surface area contributed by atoms with E-state index in [1.807, 2.05) is 26.1 Å². The lowest BCUT2D eigenvalue weighted by Gasteiger charge is -2.38. The van der Waals surface area contributed by atoms with E-state index < -0.39 is 8.07 Å². The Labute approximate surface area is 216 Å². The lowest BCUT2D eigenvalue weighted by Crippen LogP contribution is -2.63. The highest BCUT2D eigenvalue weighted by molar-refractivity contribution is 7.08. The third-order valence-corrected chi connectivity index (χ3v) is 14.0. The molecule has 190 valence electrons. The first-order chi connectivity index (χ1) is 17.2. The number of rotatable bonds is 8. The fourth-order valence-electron chi connectivity index (χ4n) is 6.42. The number of hydrogen-bond donors (Lipinski definition) is 0. The first-order valence-corrected chi connectivity index (χ1v) is 14.9. The number of hydrogen-bond acceptors (Lipinski definition) is 4. The van der Waals surface area contributed by atoms with Crippen molar-refractivity contribution < 1.29 is 23.6 Å². The number of pyridine rings is 1. The molecule has 3 aromatic rings. The fraction of sp³-hybridized carbons (Fsp3) is 0.400. The number of ether oxygens (including phenoxy) is 3. The molecule has 6 heteroatoms. The summed E-state index contributed by atoms with van der Waals surface area (Å²) in [5.41, 5.74) is 7.07. The zero-order chi connectivity index (χ0) is 26.2. The quantitative estimate of drug-likeness (QED) is 0.187. The van der Waals surface area contributed by atoms with Gasteiger partial charge in [0.1, 0.15) is 20.9 Å². The van der Waals surface area contributed by atoms with Crippen LogP contribution in [0.5, 0.6) is 5.75 Å². The summed E-state index contributed by atoms with van der Waals surface area (Å²) in [5, 5.41) is 2.78. The Morgan fingerprint density at radius 1 is 1.03 bits per heavy atom. The van der Waals surface area contributed by atoms with Crippen LogP contribution in [0.3, 0.4) is 0 Å². The maximum atomic E-state index is 13.3. The Bertz CT molecular complexity index is 1280. The minimum atomic E-state index is -2.36. The topological polar surface area (TPSA) is 48.6 Å². The molecule has 0 amide bonds. The Morgan fingerprint density at radius 2 is 1.69 bits per heavy atom. The molecule has 1 aliphatic heterocycles. The summed E-state index contributed by atoms with van der Waals surface area (Å²) >= 11 is 0. The molecule has 1 aliphatic rings. The maximum Gasteiger partial charge on any atom is 0.403 e. The first-order valence-electron chi connectivity index (χ1n) is 12.8. The van der Waals surface area contributed by atoms with Gasteiger partial charge in [0.15, 0.2) is 6.79 Å². The summed E-state index contributed by atoms with van der Waals surface area (Å²) in [5.74, 6) is 0.530. The summed E-state index contributed by atoms with van der Waals surface area (Å²) in [6.07, 6.45) is 0. The third-order valence-electron chi connectivity index (χ3n) is 7.69. The minimum absolute atomic E-state index is 0.208. The number of esters is 1. The van der Waals surface area contributed by atoms with Gasteiger partial charge in [0, 0.05) is 23.4 Å². The van der Waals surface area contributed by atoms with Gasteiger partial charge in [0.2, 0.25) is 5.69 Å². The number of benzene rings is 2. The van der Waals surface area contributed by atoms with Gasteiger partial charge in [0.05, 0.1) is 6.61 Å². The highest BCUT2D eigenvalue weighted by Gasteiger charge is 2.55. The van der Waals surface area contributed by atoms with Crippen LogP contribution >= 0.6 is 0 Å². The number of fused-ring (bicyclic) bond motifs is 3. The van der Waals surface area contributed by atoms with Gasteiger partial charge >= 0.3 is 5.97 Å². The van der Waals surface area contributed by atoms with E-state index in [1.54, 1.807) is 7.11 Å². The Morgan fingerprint density at radius 3 is 2.28 bits per heavy atom. The van der Waals surface area contributed by atoms with Crippen LogP contribution in [0, 0.1) is 6.92 Å². The summed E-state index contributed by atoms with van der Waals surface area (Å²) in [6, 6.07) is 16.9. The van der Waals surface area contributed by atoms with Gasteiger partial charge in [-0.1, -0.05) is 52.0 Å². The van der Waals surface area contributed by atoms with E-state index in [-0.39, 0.29) is 12.8 Å². The van der Waals surface area contributed by atoms with E-state index in [1.165, 1.54) is 21.5 Å². The SMILES string of the molecule is CCOC(=O)c1c(C)c2c(c(-c3ccccc3)[n+]1C)[Si](C(C)C)(C(C)C)c1cc(OCOC)ccc1-2. The zero-order valence-corrected chi connectivity index (χ0v) is 23.8.